The van der Waals surface area contributed by atoms with Crippen molar-refractivity contribution in [2.45, 2.75) is 77.0 Å². The summed E-state index contributed by atoms with van der Waals surface area (Å²) in [6.45, 7) is 21.7. The van der Waals surface area contributed by atoms with Crippen molar-refractivity contribution in [3.05, 3.63) is 106 Å². The number of carbonyl (C=O) groups excluding carboxylic acids is 1. The Kier molecular flexibility index (Phi) is 14.9. The van der Waals surface area contributed by atoms with Gasteiger partial charge in [0.1, 0.15) is 31.8 Å². The fourth-order valence-electron chi connectivity index (χ4n) is 7.95. The van der Waals surface area contributed by atoms with Crippen molar-refractivity contribution in [2.24, 2.45) is 16.8 Å². The first-order valence-corrected chi connectivity index (χ1v) is 25.9. The van der Waals surface area contributed by atoms with Gasteiger partial charge in [0, 0.05) is 58.5 Å². The zero-order valence-corrected chi connectivity index (χ0v) is 42.2. The molecule has 18 nitrogen and oxygen atoms in total. The number of hydrogen-bond acceptors (Lipinski definition) is 13. The summed E-state index contributed by atoms with van der Waals surface area (Å²) in [6.07, 6.45) is 0. The molecule has 69 heavy (non-hydrogen) atoms. The third kappa shape index (κ3) is 11.4. The first-order valence-electron chi connectivity index (χ1n) is 21.6. The van der Waals surface area contributed by atoms with E-state index in [1.54, 1.807) is 46.8 Å². The fraction of sp³-hybridized carbons (Fsp3) is 0.292. The maximum atomic E-state index is 13.4. The lowest BCUT2D eigenvalue weighted by atomic mass is 9.93. The molecule has 2 aliphatic rings. The Bertz CT molecular complexity index is 3440. The number of anilines is 4. The van der Waals surface area contributed by atoms with Gasteiger partial charge >= 0.3 is 6.03 Å². The van der Waals surface area contributed by atoms with Gasteiger partial charge in [0.2, 0.25) is 0 Å². The van der Waals surface area contributed by atoms with Crippen molar-refractivity contribution in [1.29, 1.82) is 0 Å². The molecule has 0 unspecified atom stereocenters. The first-order chi connectivity index (χ1) is 32.1. The lowest BCUT2D eigenvalue weighted by Gasteiger charge is -2.22. The summed E-state index contributed by atoms with van der Waals surface area (Å²) in [7, 11) is -13.8. The third-order valence-electron chi connectivity index (χ3n) is 11.2. The van der Waals surface area contributed by atoms with E-state index in [4.69, 9.17) is 14.1 Å². The Hall–Kier alpha value is -6.49. The van der Waals surface area contributed by atoms with Gasteiger partial charge in [-0.1, -0.05) is 58.5 Å². The number of nitrogens with zero attached hydrogens (tertiary/aromatic N) is 1. The molecule has 0 saturated heterocycles. The molecule has 8 N–H and O–H groups in total. The van der Waals surface area contributed by atoms with Crippen molar-refractivity contribution in [1.82, 2.24) is 10.6 Å². The number of methoxy groups -OCH3 is 1. The molecule has 4 aromatic carbocycles. The Morgan fingerprint density at radius 3 is 1.91 bits per heavy atom. The van der Waals surface area contributed by atoms with Crippen LogP contribution in [0.2, 0.25) is 0 Å². The Labute approximate surface area is 401 Å². The molecule has 0 spiro atoms. The Morgan fingerprint density at radius 2 is 1.30 bits per heavy atom. The molecule has 0 bridgehead atoms. The molecule has 368 valence electrons. The van der Waals surface area contributed by atoms with Crippen LogP contribution in [0.1, 0.15) is 55.5 Å². The van der Waals surface area contributed by atoms with Gasteiger partial charge in [-0.15, -0.1) is 0 Å². The first kappa shape index (κ1) is 51.9. The summed E-state index contributed by atoms with van der Waals surface area (Å²) < 4.78 is 124. The zero-order chi connectivity index (χ0) is 51.1. The second kappa shape index (κ2) is 19.9. The summed E-state index contributed by atoms with van der Waals surface area (Å²) in [5.41, 5.74) is 3.54. The van der Waals surface area contributed by atoms with E-state index in [1.165, 1.54) is 37.4 Å². The SMILES string of the molecule is C=C(NCC(C)C)Nc1c(OC)cc(C)c(/N=c2/cc3oc4cc(Nc5c(C)cc(C)c(NC(=O)NCC(C)C)c5C)c(S(=O)(=O)O)cc4c(-c4ccccc4S(=O)(=O)O)c-3cc2S(=O)(=O)O)c1C. The highest BCUT2D eigenvalue weighted by atomic mass is 32.2. The van der Waals surface area contributed by atoms with Crippen molar-refractivity contribution in [2.75, 3.05) is 36.1 Å². The normalized spacial score (nSPS) is 12.5. The van der Waals surface area contributed by atoms with Crippen LogP contribution in [0.5, 0.6) is 5.75 Å². The predicted molar refractivity (Wildman–Crippen MR) is 267 cm³/mol. The van der Waals surface area contributed by atoms with Crippen molar-refractivity contribution < 1.29 is 52.9 Å². The van der Waals surface area contributed by atoms with Gasteiger partial charge in [0.05, 0.1) is 41.0 Å². The molecule has 0 fully saturated rings. The number of fused-ring (bicyclic) bond motifs is 2. The summed E-state index contributed by atoms with van der Waals surface area (Å²) in [5.74, 6) is 1.22. The van der Waals surface area contributed by atoms with Gasteiger partial charge in [-0.3, -0.25) is 13.7 Å². The maximum absolute atomic E-state index is 13.4. The molecule has 4 aromatic rings. The smallest absolute Gasteiger partial charge is 0.319 e. The number of ether oxygens (including phenoxy) is 1. The highest BCUT2D eigenvalue weighted by Crippen LogP contribution is 2.46. The highest BCUT2D eigenvalue weighted by Gasteiger charge is 2.30. The van der Waals surface area contributed by atoms with Gasteiger partial charge in [-0.05, 0) is 93.0 Å². The second-order valence-electron chi connectivity index (χ2n) is 17.5. The number of hydrogen-bond donors (Lipinski definition) is 8. The number of aryl methyl sites for hydroxylation is 3. The molecular formula is C48H56N6O12S3. The average Bonchev–Trinajstić information content (AvgIpc) is 3.25. The van der Waals surface area contributed by atoms with Crippen molar-refractivity contribution in [3.8, 4) is 28.2 Å². The van der Waals surface area contributed by atoms with Gasteiger partial charge in [0.25, 0.3) is 30.4 Å². The average molecular weight is 1010 g/mol. The molecule has 0 saturated carbocycles. The standard InChI is InChI=1S/C48H56N6O12S3/c1-24(2)22-49-31(10)51-47-30(9)45(28(7)17-39(47)65-11)53-36-21-38-34(19-42(36)69(62,63)64)43(32-14-12-13-15-40(32)67(56,57)58)33-18-41(68(59,60)61)35(20-37(33)66-38)52-44-26(5)16-27(6)46(29(44)8)54-48(55)50-23-25(3)4/h12-21,24-25,49,51-52H,10,22-23H2,1-9,11H3,(H2,50,54,55)(H,56,57,58)(H,59,60,61)(H,62,63,64)/b53-36-. The molecule has 0 atom stereocenters. The van der Waals surface area contributed by atoms with Crippen LogP contribution in [0.15, 0.2) is 97.2 Å². The minimum atomic E-state index is -5.17. The van der Waals surface area contributed by atoms with Crippen molar-refractivity contribution >= 4 is 75.8 Å². The summed E-state index contributed by atoms with van der Waals surface area (Å²) in [5, 5.41) is 14.7. The van der Waals surface area contributed by atoms with Crippen LogP contribution in [-0.4, -0.2) is 65.1 Å². The number of amides is 2. The Morgan fingerprint density at radius 1 is 0.696 bits per heavy atom. The lowest BCUT2D eigenvalue weighted by Crippen LogP contribution is -2.32. The highest BCUT2D eigenvalue weighted by molar-refractivity contribution is 7.86. The molecule has 0 radical (unpaired) electrons. The predicted octanol–water partition coefficient (Wildman–Crippen LogP) is 9.38. The van der Waals surface area contributed by atoms with Gasteiger partial charge in [-0.2, -0.15) is 25.3 Å². The van der Waals surface area contributed by atoms with E-state index in [0.29, 0.717) is 75.5 Å². The Balaban J connectivity index is 1.71. The van der Waals surface area contributed by atoms with E-state index in [2.05, 4.69) is 33.2 Å². The zero-order valence-electron chi connectivity index (χ0n) is 39.7. The van der Waals surface area contributed by atoms with E-state index >= 15 is 0 Å². The van der Waals surface area contributed by atoms with Crippen molar-refractivity contribution in [3.63, 3.8) is 0 Å². The molecule has 6 rings (SSSR count). The summed E-state index contributed by atoms with van der Waals surface area (Å²) >= 11 is 0. The quantitative estimate of drug-likeness (QED) is 0.0331. The number of carbonyl (C=O) groups is 1. The number of benzene rings is 5. The van der Waals surface area contributed by atoms with E-state index in [-0.39, 0.29) is 56.1 Å². The summed E-state index contributed by atoms with van der Waals surface area (Å²) in [6, 6.07) is 12.6. The van der Waals surface area contributed by atoms with Crippen LogP contribution >= 0.6 is 0 Å². The van der Waals surface area contributed by atoms with Gasteiger partial charge < -0.3 is 35.7 Å². The van der Waals surface area contributed by atoms with Crippen LogP contribution in [0.4, 0.5) is 33.2 Å². The van der Waals surface area contributed by atoms with Gasteiger partial charge in [-0.25, -0.2) is 9.79 Å². The molecule has 21 heteroatoms. The van der Waals surface area contributed by atoms with Crippen LogP contribution in [-0.2, 0) is 30.4 Å². The van der Waals surface area contributed by atoms with Crippen LogP contribution in [0, 0.1) is 46.5 Å². The molecular weight excluding hydrogens is 949 g/mol. The second-order valence-corrected chi connectivity index (χ2v) is 21.7. The molecule has 1 aliphatic carbocycles. The lowest BCUT2D eigenvalue weighted by molar-refractivity contribution is 0.251. The topological polar surface area (TPSA) is 275 Å². The minimum Gasteiger partial charge on any atom is -0.495 e. The van der Waals surface area contributed by atoms with Gasteiger partial charge in [0.15, 0.2) is 0 Å². The number of urea groups is 1. The number of rotatable bonds is 16. The third-order valence-corrected chi connectivity index (χ3v) is 13.9. The van der Waals surface area contributed by atoms with E-state index < -0.39 is 51.1 Å². The van der Waals surface area contributed by atoms with Crippen LogP contribution < -0.4 is 36.7 Å². The summed E-state index contributed by atoms with van der Waals surface area (Å²) in [4.78, 5) is 15.6. The maximum Gasteiger partial charge on any atom is 0.319 e. The van der Waals surface area contributed by atoms with Crippen LogP contribution in [0.25, 0.3) is 33.4 Å². The molecule has 0 aromatic heterocycles. The van der Waals surface area contributed by atoms with E-state index in [0.717, 1.165) is 18.2 Å². The fourth-order valence-corrected chi connectivity index (χ4v) is 9.94. The number of nitrogens with one attached hydrogen (secondary N) is 5. The molecule has 1 heterocycles. The van der Waals surface area contributed by atoms with E-state index in [1.807, 2.05) is 27.7 Å². The molecule has 1 aliphatic heterocycles. The largest absolute Gasteiger partial charge is 0.495 e. The molecule has 2 amide bonds. The monoisotopic (exact) mass is 1000 g/mol. The minimum absolute atomic E-state index is 0.118. The van der Waals surface area contributed by atoms with E-state index in [9.17, 15) is 43.7 Å². The van der Waals surface area contributed by atoms with Crippen LogP contribution in [0.3, 0.4) is 0 Å².